The van der Waals surface area contributed by atoms with Crippen molar-refractivity contribution in [3.8, 4) is 0 Å². The second-order valence-electron chi connectivity index (χ2n) is 7.80. The minimum absolute atomic E-state index is 0.144. The number of nitrogens with zero attached hydrogens (tertiary/aromatic N) is 4. The van der Waals surface area contributed by atoms with Crippen LogP contribution in [0, 0.1) is 0 Å². The summed E-state index contributed by atoms with van der Waals surface area (Å²) in [5.41, 5.74) is 2.20. The maximum Gasteiger partial charge on any atom is 0.237 e. The normalized spacial score (nSPS) is 14.6. The lowest BCUT2D eigenvalue weighted by Crippen LogP contribution is -2.42. The summed E-state index contributed by atoms with van der Waals surface area (Å²) in [6, 6.07) is 20.6. The van der Waals surface area contributed by atoms with E-state index in [2.05, 4.69) is 22.3 Å². The number of rotatable bonds is 7. The van der Waals surface area contributed by atoms with Crippen LogP contribution in [0.15, 0.2) is 65.8 Å². The van der Waals surface area contributed by atoms with Crippen LogP contribution in [0.2, 0.25) is 0 Å². The Bertz CT molecular complexity index is 952. The van der Waals surface area contributed by atoms with Crippen molar-refractivity contribution >= 4 is 23.4 Å². The summed E-state index contributed by atoms with van der Waals surface area (Å²) in [5.74, 6) is 1.41. The number of carbonyl (C=O) groups excluding carboxylic acids is 1. The Morgan fingerprint density at radius 2 is 1.67 bits per heavy atom. The number of amides is 1. The number of thioether (sulfide) groups is 1. The van der Waals surface area contributed by atoms with Gasteiger partial charge in [-0.2, -0.15) is 0 Å². The zero-order chi connectivity index (χ0) is 20.8. The smallest absolute Gasteiger partial charge is 0.237 e. The Morgan fingerprint density at radius 3 is 2.37 bits per heavy atom. The molecule has 0 spiro atoms. The highest BCUT2D eigenvalue weighted by Gasteiger charge is 2.27. The van der Waals surface area contributed by atoms with E-state index in [9.17, 15) is 4.79 Å². The predicted octanol–water partition coefficient (Wildman–Crippen LogP) is 4.86. The molecule has 1 heterocycles. The van der Waals surface area contributed by atoms with Crippen molar-refractivity contribution in [2.24, 2.45) is 7.05 Å². The number of carbonyl (C=O) groups is 1. The Balaban J connectivity index is 1.44. The topological polar surface area (TPSA) is 51.0 Å². The van der Waals surface area contributed by atoms with E-state index < -0.39 is 0 Å². The molecule has 0 unspecified atom stereocenters. The first kappa shape index (κ1) is 20.7. The van der Waals surface area contributed by atoms with Gasteiger partial charge in [-0.3, -0.25) is 4.79 Å². The minimum atomic E-state index is 0.144. The second kappa shape index (κ2) is 9.94. The molecule has 30 heavy (non-hydrogen) atoms. The molecule has 0 N–H and O–H groups in total. The monoisotopic (exact) mass is 420 g/mol. The van der Waals surface area contributed by atoms with Gasteiger partial charge in [0.1, 0.15) is 5.82 Å². The van der Waals surface area contributed by atoms with Gasteiger partial charge >= 0.3 is 0 Å². The molecule has 0 saturated heterocycles. The fourth-order valence-corrected chi connectivity index (χ4v) is 4.87. The molecule has 4 rings (SSSR count). The Kier molecular flexibility index (Phi) is 6.84. The maximum absolute atomic E-state index is 13.3. The van der Waals surface area contributed by atoms with E-state index in [1.807, 2.05) is 65.0 Å². The third kappa shape index (κ3) is 4.93. The summed E-state index contributed by atoms with van der Waals surface area (Å²) < 4.78 is 2.00. The molecule has 1 amide bonds. The predicted molar refractivity (Wildman–Crippen MR) is 122 cm³/mol. The standard InChI is InChI=1S/C24H28N4OS/c1-27-22(17-19-11-5-2-6-12-19)25-26-24(27)30-18-23(29)28(20-13-7-3-8-14-20)21-15-9-4-10-16-21/h2-3,5-8,11-14,21H,4,9-10,15-18H2,1H3. The lowest BCUT2D eigenvalue weighted by atomic mass is 9.93. The van der Waals surface area contributed by atoms with Crippen LogP contribution < -0.4 is 4.90 Å². The largest absolute Gasteiger partial charge is 0.309 e. The van der Waals surface area contributed by atoms with Gasteiger partial charge in [-0.25, -0.2) is 0 Å². The van der Waals surface area contributed by atoms with Gasteiger partial charge < -0.3 is 9.47 Å². The fourth-order valence-electron chi connectivity index (χ4n) is 4.09. The molecule has 0 atom stereocenters. The molecule has 156 valence electrons. The molecule has 0 radical (unpaired) electrons. The maximum atomic E-state index is 13.3. The minimum Gasteiger partial charge on any atom is -0.309 e. The average Bonchev–Trinajstić information content (AvgIpc) is 3.14. The molecule has 2 aromatic carbocycles. The van der Waals surface area contributed by atoms with E-state index in [1.165, 1.54) is 36.6 Å². The van der Waals surface area contributed by atoms with Crippen LogP contribution in [0.3, 0.4) is 0 Å². The number of aromatic nitrogens is 3. The first-order valence-corrected chi connectivity index (χ1v) is 11.6. The van der Waals surface area contributed by atoms with E-state index in [4.69, 9.17) is 0 Å². The Labute approximate surface area is 182 Å². The van der Waals surface area contributed by atoms with Gasteiger partial charge in [0, 0.05) is 25.2 Å². The zero-order valence-electron chi connectivity index (χ0n) is 17.4. The van der Waals surface area contributed by atoms with Gasteiger partial charge in [0.2, 0.25) is 5.91 Å². The molecular formula is C24H28N4OS. The number of anilines is 1. The molecule has 3 aromatic rings. The molecule has 1 fully saturated rings. The van der Waals surface area contributed by atoms with Crippen LogP contribution >= 0.6 is 11.8 Å². The Hall–Kier alpha value is -2.60. The molecule has 1 saturated carbocycles. The molecule has 1 aliphatic rings. The van der Waals surface area contributed by atoms with Crippen LogP contribution in [0.4, 0.5) is 5.69 Å². The first-order chi connectivity index (χ1) is 14.7. The number of benzene rings is 2. The van der Waals surface area contributed by atoms with E-state index >= 15 is 0 Å². The third-order valence-electron chi connectivity index (χ3n) is 5.70. The van der Waals surface area contributed by atoms with Crippen molar-refractivity contribution in [1.29, 1.82) is 0 Å². The van der Waals surface area contributed by atoms with Gasteiger partial charge in [0.15, 0.2) is 5.16 Å². The van der Waals surface area contributed by atoms with Gasteiger partial charge in [0.05, 0.1) is 5.75 Å². The SMILES string of the molecule is Cn1c(Cc2ccccc2)nnc1SCC(=O)N(c1ccccc1)C1CCCCC1. The van der Waals surface area contributed by atoms with Crippen molar-refractivity contribution in [2.45, 2.75) is 49.7 Å². The van der Waals surface area contributed by atoms with Crippen molar-refractivity contribution in [2.75, 3.05) is 10.7 Å². The van der Waals surface area contributed by atoms with Crippen LogP contribution in [0.1, 0.15) is 43.5 Å². The average molecular weight is 421 g/mol. The van der Waals surface area contributed by atoms with Gasteiger partial charge in [-0.15, -0.1) is 10.2 Å². The van der Waals surface area contributed by atoms with Gasteiger partial charge in [0.25, 0.3) is 0 Å². The second-order valence-corrected chi connectivity index (χ2v) is 8.74. The molecular weight excluding hydrogens is 392 g/mol. The van der Waals surface area contributed by atoms with Crippen LogP contribution in [0.5, 0.6) is 0 Å². The lowest BCUT2D eigenvalue weighted by molar-refractivity contribution is -0.116. The van der Waals surface area contributed by atoms with Crippen molar-refractivity contribution in [3.05, 3.63) is 72.1 Å². The third-order valence-corrected chi connectivity index (χ3v) is 6.70. The quantitative estimate of drug-likeness (QED) is 0.512. The highest BCUT2D eigenvalue weighted by Crippen LogP contribution is 2.29. The highest BCUT2D eigenvalue weighted by molar-refractivity contribution is 7.99. The van der Waals surface area contributed by atoms with Crippen LogP contribution in [-0.4, -0.2) is 32.5 Å². The van der Waals surface area contributed by atoms with E-state index in [0.29, 0.717) is 11.8 Å². The van der Waals surface area contributed by atoms with E-state index in [-0.39, 0.29) is 5.91 Å². The summed E-state index contributed by atoms with van der Waals surface area (Å²) >= 11 is 1.47. The number of hydrogen-bond acceptors (Lipinski definition) is 4. The molecule has 6 heteroatoms. The van der Waals surface area contributed by atoms with Crippen molar-refractivity contribution in [3.63, 3.8) is 0 Å². The summed E-state index contributed by atoms with van der Waals surface area (Å²) in [5, 5.41) is 9.47. The highest BCUT2D eigenvalue weighted by atomic mass is 32.2. The van der Waals surface area contributed by atoms with Crippen LogP contribution in [-0.2, 0) is 18.3 Å². The van der Waals surface area contributed by atoms with E-state index in [0.717, 1.165) is 35.9 Å². The molecule has 0 bridgehead atoms. The summed E-state index contributed by atoms with van der Waals surface area (Å²) in [6.45, 7) is 0. The molecule has 0 aliphatic heterocycles. The summed E-state index contributed by atoms with van der Waals surface area (Å²) in [6.07, 6.45) is 6.55. The lowest BCUT2D eigenvalue weighted by Gasteiger charge is -2.34. The summed E-state index contributed by atoms with van der Waals surface area (Å²) in [4.78, 5) is 15.3. The molecule has 1 aliphatic carbocycles. The number of hydrogen-bond donors (Lipinski definition) is 0. The molecule has 5 nitrogen and oxygen atoms in total. The Morgan fingerprint density at radius 1 is 1.00 bits per heavy atom. The summed E-state index contributed by atoms with van der Waals surface area (Å²) in [7, 11) is 1.97. The number of para-hydroxylation sites is 1. The van der Waals surface area contributed by atoms with Gasteiger partial charge in [-0.1, -0.05) is 79.6 Å². The van der Waals surface area contributed by atoms with Crippen molar-refractivity contribution < 1.29 is 4.79 Å². The van der Waals surface area contributed by atoms with Crippen LogP contribution in [0.25, 0.3) is 0 Å². The first-order valence-electron chi connectivity index (χ1n) is 10.6. The van der Waals surface area contributed by atoms with Crippen molar-refractivity contribution in [1.82, 2.24) is 14.8 Å². The van der Waals surface area contributed by atoms with E-state index in [1.54, 1.807) is 0 Å². The fraction of sp³-hybridized carbons (Fsp3) is 0.375. The van der Waals surface area contributed by atoms with Gasteiger partial charge in [-0.05, 0) is 30.5 Å². The molecule has 1 aromatic heterocycles. The zero-order valence-corrected chi connectivity index (χ0v) is 18.2.